The number of carbonyl (C=O) groups is 1. The minimum absolute atomic E-state index is 0.123. The van der Waals surface area contributed by atoms with Crippen LogP contribution in [0.15, 0.2) is 36.4 Å². The van der Waals surface area contributed by atoms with Gasteiger partial charge in [-0.05, 0) is 5.56 Å². The van der Waals surface area contributed by atoms with Crippen molar-refractivity contribution in [1.82, 2.24) is 9.97 Å². The van der Waals surface area contributed by atoms with Crippen LogP contribution in [0.4, 0.5) is 0 Å². The highest BCUT2D eigenvalue weighted by Gasteiger charge is 2.39. The lowest BCUT2D eigenvalue weighted by Gasteiger charge is -2.31. The van der Waals surface area contributed by atoms with Gasteiger partial charge in [-0.1, -0.05) is 44.2 Å². The summed E-state index contributed by atoms with van der Waals surface area (Å²) in [6.45, 7) is 3.58. The number of hydrogen-bond donors (Lipinski definition) is 1. The summed E-state index contributed by atoms with van der Waals surface area (Å²) >= 11 is 0. The van der Waals surface area contributed by atoms with E-state index in [1.165, 1.54) is 20.3 Å². The zero-order chi connectivity index (χ0) is 17.7. The van der Waals surface area contributed by atoms with Crippen molar-refractivity contribution >= 4 is 5.97 Å². The molecule has 7 heteroatoms. The van der Waals surface area contributed by atoms with Gasteiger partial charge in [0.05, 0.1) is 20.3 Å². The molecule has 1 aromatic carbocycles. The van der Waals surface area contributed by atoms with Crippen molar-refractivity contribution in [2.45, 2.75) is 25.4 Å². The van der Waals surface area contributed by atoms with E-state index >= 15 is 0 Å². The number of ether oxygens (including phenoxy) is 3. The number of aliphatic carboxylic acids is 1. The first-order valence-corrected chi connectivity index (χ1v) is 7.30. The van der Waals surface area contributed by atoms with Crippen LogP contribution < -0.4 is 14.2 Å². The highest BCUT2D eigenvalue weighted by molar-refractivity contribution is 5.75. The molecule has 0 radical (unpaired) electrons. The normalized spacial score (nSPS) is 12.3. The summed E-state index contributed by atoms with van der Waals surface area (Å²) in [5.74, 6) is -0.675. The molecule has 2 rings (SSSR count). The zero-order valence-electron chi connectivity index (χ0n) is 14.0. The topological polar surface area (TPSA) is 90.8 Å². The molecular formula is C17H20N2O5. The number of carboxylic acid groups (broad SMARTS) is 1. The van der Waals surface area contributed by atoms with E-state index in [9.17, 15) is 9.90 Å². The Balaban J connectivity index is 2.37. The largest absolute Gasteiger partial charge is 0.481 e. The highest BCUT2D eigenvalue weighted by Crippen LogP contribution is 2.30. The van der Waals surface area contributed by atoms with Crippen molar-refractivity contribution in [1.29, 1.82) is 0 Å². The number of nitrogens with zero attached hydrogens (tertiary/aromatic N) is 2. The van der Waals surface area contributed by atoms with E-state index in [1.807, 2.05) is 30.3 Å². The Morgan fingerprint density at radius 1 is 1.08 bits per heavy atom. The first kappa shape index (κ1) is 17.5. The molecule has 1 N–H and O–H groups in total. The van der Waals surface area contributed by atoms with Gasteiger partial charge in [0.25, 0.3) is 0 Å². The molecular weight excluding hydrogens is 312 g/mol. The van der Waals surface area contributed by atoms with Gasteiger partial charge in [0, 0.05) is 5.41 Å². The van der Waals surface area contributed by atoms with Gasteiger partial charge in [-0.25, -0.2) is 4.79 Å². The molecule has 7 nitrogen and oxygen atoms in total. The van der Waals surface area contributed by atoms with Crippen LogP contribution in [0.3, 0.4) is 0 Å². The predicted molar refractivity (Wildman–Crippen MR) is 86.7 cm³/mol. The average Bonchev–Trinajstić information content (AvgIpc) is 2.59. The number of carboxylic acids is 1. The number of methoxy groups -OCH3 is 2. The second kappa shape index (κ2) is 7.16. The predicted octanol–water partition coefficient (Wildman–Crippen LogP) is 2.30. The molecule has 0 bridgehead atoms. The molecule has 24 heavy (non-hydrogen) atoms. The van der Waals surface area contributed by atoms with Gasteiger partial charge >= 0.3 is 12.0 Å². The van der Waals surface area contributed by atoms with Crippen LogP contribution in [0.5, 0.6) is 17.8 Å². The number of rotatable bonds is 7. The third-order valence-corrected chi connectivity index (χ3v) is 3.70. The number of hydrogen-bond acceptors (Lipinski definition) is 6. The van der Waals surface area contributed by atoms with Crippen molar-refractivity contribution in [3.63, 3.8) is 0 Å². The quantitative estimate of drug-likeness (QED) is 0.832. The van der Waals surface area contributed by atoms with Crippen LogP contribution in [0.25, 0.3) is 0 Å². The first-order valence-electron chi connectivity index (χ1n) is 7.30. The van der Waals surface area contributed by atoms with Gasteiger partial charge in [-0.3, -0.25) is 0 Å². The highest BCUT2D eigenvalue weighted by atomic mass is 16.5. The minimum atomic E-state index is -1.20. The third kappa shape index (κ3) is 3.73. The van der Waals surface area contributed by atoms with Gasteiger partial charge in [-0.15, -0.1) is 0 Å². The second-order valence-corrected chi connectivity index (χ2v) is 5.66. The van der Waals surface area contributed by atoms with E-state index in [0.717, 1.165) is 5.56 Å². The van der Waals surface area contributed by atoms with E-state index in [2.05, 4.69) is 9.97 Å². The maximum Gasteiger partial charge on any atom is 0.345 e. The number of aromatic nitrogens is 2. The number of benzene rings is 1. The monoisotopic (exact) mass is 332 g/mol. The van der Waals surface area contributed by atoms with Crippen molar-refractivity contribution in [3.05, 3.63) is 42.0 Å². The molecule has 0 aliphatic rings. The van der Waals surface area contributed by atoms with Crippen molar-refractivity contribution in [3.8, 4) is 17.8 Å². The molecule has 0 aliphatic heterocycles. The third-order valence-electron chi connectivity index (χ3n) is 3.70. The van der Waals surface area contributed by atoms with Gasteiger partial charge < -0.3 is 19.3 Å². The summed E-state index contributed by atoms with van der Waals surface area (Å²) in [7, 11) is 2.88. The summed E-state index contributed by atoms with van der Waals surface area (Å²) in [6.07, 6.45) is -1.20. The SMILES string of the molecule is COc1cc(OC)nc(OC(C(=O)O)C(C)(C)c2ccccc2)n1. The van der Waals surface area contributed by atoms with E-state index in [-0.39, 0.29) is 17.8 Å². The van der Waals surface area contributed by atoms with Gasteiger partial charge in [0.15, 0.2) is 0 Å². The molecule has 0 spiro atoms. The minimum Gasteiger partial charge on any atom is -0.481 e. The molecule has 0 saturated heterocycles. The van der Waals surface area contributed by atoms with Gasteiger partial charge in [0.1, 0.15) is 0 Å². The Hall–Kier alpha value is -2.83. The van der Waals surface area contributed by atoms with Crippen LogP contribution >= 0.6 is 0 Å². The smallest absolute Gasteiger partial charge is 0.345 e. The van der Waals surface area contributed by atoms with Crippen molar-refractivity contribution in [2.24, 2.45) is 0 Å². The van der Waals surface area contributed by atoms with E-state index in [4.69, 9.17) is 14.2 Å². The standard InChI is InChI=1S/C17H20N2O5/c1-17(2,11-8-6-5-7-9-11)14(15(20)21)24-16-18-12(22-3)10-13(19-16)23-4/h5-10,14H,1-4H3,(H,20,21). The lowest BCUT2D eigenvalue weighted by atomic mass is 9.79. The Morgan fingerprint density at radius 3 is 2.08 bits per heavy atom. The molecule has 0 saturated carbocycles. The fraction of sp³-hybridized carbons (Fsp3) is 0.353. The Bertz CT molecular complexity index is 681. The molecule has 1 aromatic heterocycles. The van der Waals surface area contributed by atoms with Crippen molar-refractivity contribution < 1.29 is 24.1 Å². The first-order chi connectivity index (χ1) is 11.4. The van der Waals surface area contributed by atoms with Crippen molar-refractivity contribution in [2.75, 3.05) is 14.2 Å². The molecule has 2 aromatic rings. The lowest BCUT2D eigenvalue weighted by Crippen LogP contribution is -2.44. The molecule has 0 aliphatic carbocycles. The van der Waals surface area contributed by atoms with E-state index in [1.54, 1.807) is 13.8 Å². The van der Waals surface area contributed by atoms with Crippen LogP contribution in [-0.4, -0.2) is 41.4 Å². The maximum atomic E-state index is 11.8. The van der Waals surface area contributed by atoms with Crippen LogP contribution in [0, 0.1) is 0 Å². The molecule has 128 valence electrons. The van der Waals surface area contributed by atoms with Gasteiger partial charge in [-0.2, -0.15) is 9.97 Å². The summed E-state index contributed by atoms with van der Waals surface area (Å²) in [6, 6.07) is 10.6. The summed E-state index contributed by atoms with van der Waals surface area (Å²) in [5.41, 5.74) is 0.0134. The summed E-state index contributed by atoms with van der Waals surface area (Å²) in [5, 5.41) is 9.64. The molecule has 0 fully saturated rings. The Morgan fingerprint density at radius 2 is 1.62 bits per heavy atom. The summed E-state index contributed by atoms with van der Waals surface area (Å²) < 4.78 is 15.7. The van der Waals surface area contributed by atoms with Crippen LogP contribution in [-0.2, 0) is 10.2 Å². The lowest BCUT2D eigenvalue weighted by molar-refractivity contribution is -0.148. The molecule has 1 heterocycles. The fourth-order valence-electron chi connectivity index (χ4n) is 2.28. The molecule has 1 atom stereocenters. The Kier molecular flexibility index (Phi) is 5.23. The fourth-order valence-corrected chi connectivity index (χ4v) is 2.28. The van der Waals surface area contributed by atoms with Gasteiger partial charge in [0.2, 0.25) is 17.9 Å². The van der Waals surface area contributed by atoms with E-state index < -0.39 is 17.5 Å². The van der Waals surface area contributed by atoms with Crippen LogP contribution in [0.2, 0.25) is 0 Å². The molecule has 1 unspecified atom stereocenters. The maximum absolute atomic E-state index is 11.8. The summed E-state index contributed by atoms with van der Waals surface area (Å²) in [4.78, 5) is 19.9. The van der Waals surface area contributed by atoms with E-state index in [0.29, 0.717) is 0 Å². The zero-order valence-corrected chi connectivity index (χ0v) is 14.0. The molecule has 0 amide bonds. The second-order valence-electron chi connectivity index (χ2n) is 5.66. The average molecular weight is 332 g/mol. The van der Waals surface area contributed by atoms with Crippen LogP contribution in [0.1, 0.15) is 19.4 Å². The Labute approximate surface area is 140 Å².